The van der Waals surface area contributed by atoms with Crippen LogP contribution in [0.1, 0.15) is 12.5 Å². The number of anilines is 2. The number of rotatable bonds is 6. The third-order valence-corrected chi connectivity index (χ3v) is 4.61. The topological polar surface area (TPSA) is 72.5 Å². The van der Waals surface area contributed by atoms with E-state index in [0.29, 0.717) is 23.2 Å². The second-order valence-electron chi connectivity index (χ2n) is 5.73. The van der Waals surface area contributed by atoms with Crippen LogP contribution in [0.5, 0.6) is 11.5 Å². The number of hydrogen-bond donors (Lipinski definition) is 2. The molecule has 0 atom stereocenters. The van der Waals surface area contributed by atoms with Crippen molar-refractivity contribution in [1.29, 1.82) is 0 Å². The molecule has 3 aromatic rings. The monoisotopic (exact) mass is 383 g/mol. The van der Waals surface area contributed by atoms with E-state index in [2.05, 4.69) is 15.6 Å². The van der Waals surface area contributed by atoms with Crippen molar-refractivity contribution < 1.29 is 14.3 Å². The Morgan fingerprint density at radius 1 is 1.15 bits per heavy atom. The second-order valence-corrected chi connectivity index (χ2v) is 6.59. The number of aromatic nitrogens is 1. The molecule has 0 bridgehead atoms. The van der Waals surface area contributed by atoms with Gasteiger partial charge in [-0.3, -0.25) is 5.32 Å². The van der Waals surface area contributed by atoms with E-state index < -0.39 is 0 Å². The van der Waals surface area contributed by atoms with Crippen LogP contribution in [-0.2, 0) is 0 Å². The lowest BCUT2D eigenvalue weighted by Crippen LogP contribution is -2.19. The zero-order valence-electron chi connectivity index (χ0n) is 15.4. The smallest absolute Gasteiger partial charge is 0.325 e. The van der Waals surface area contributed by atoms with E-state index in [-0.39, 0.29) is 6.03 Å². The summed E-state index contributed by atoms with van der Waals surface area (Å²) in [7, 11) is 1.65. The van der Waals surface area contributed by atoms with E-state index in [0.717, 1.165) is 22.6 Å². The van der Waals surface area contributed by atoms with Gasteiger partial charge >= 0.3 is 6.03 Å². The number of amides is 2. The molecule has 0 spiro atoms. The fourth-order valence-corrected chi connectivity index (χ4v) is 3.32. The minimum atomic E-state index is -0.367. The maximum absolute atomic E-state index is 12.3. The van der Waals surface area contributed by atoms with Crippen molar-refractivity contribution in [3.63, 3.8) is 0 Å². The Bertz CT molecular complexity index is 940. The van der Waals surface area contributed by atoms with Crippen LogP contribution in [0.4, 0.5) is 15.6 Å². The molecule has 0 aliphatic carbocycles. The Balaban J connectivity index is 1.69. The van der Waals surface area contributed by atoms with Crippen molar-refractivity contribution in [2.75, 3.05) is 24.4 Å². The third-order valence-electron chi connectivity index (χ3n) is 3.85. The van der Waals surface area contributed by atoms with Gasteiger partial charge in [-0.05, 0) is 49.7 Å². The molecule has 0 fully saturated rings. The molecule has 6 nitrogen and oxygen atoms in total. The van der Waals surface area contributed by atoms with E-state index in [4.69, 9.17) is 9.47 Å². The molecule has 0 unspecified atom stereocenters. The number of aryl methyl sites for hydroxylation is 1. The fraction of sp³-hybridized carbons (Fsp3) is 0.200. The molecular weight excluding hydrogens is 362 g/mol. The van der Waals surface area contributed by atoms with Gasteiger partial charge in [-0.1, -0.05) is 12.1 Å². The maximum atomic E-state index is 12.3. The number of hydrogen-bond acceptors (Lipinski definition) is 5. The number of carbonyl (C=O) groups is 1. The molecule has 2 amide bonds. The summed E-state index contributed by atoms with van der Waals surface area (Å²) in [5.41, 5.74) is 3.41. The summed E-state index contributed by atoms with van der Waals surface area (Å²) in [5.74, 6) is 1.46. The van der Waals surface area contributed by atoms with E-state index in [9.17, 15) is 4.79 Å². The van der Waals surface area contributed by atoms with Gasteiger partial charge in [0.05, 0.1) is 25.1 Å². The molecule has 0 saturated carbocycles. The number of thiazole rings is 1. The van der Waals surface area contributed by atoms with Gasteiger partial charge in [-0.15, -0.1) is 11.3 Å². The van der Waals surface area contributed by atoms with Crippen LogP contribution in [0, 0.1) is 6.92 Å². The predicted molar refractivity (Wildman–Crippen MR) is 109 cm³/mol. The Hall–Kier alpha value is -3.06. The first-order valence-corrected chi connectivity index (χ1v) is 9.39. The van der Waals surface area contributed by atoms with Crippen LogP contribution < -0.4 is 20.1 Å². The molecule has 2 N–H and O–H groups in total. The highest BCUT2D eigenvalue weighted by Gasteiger charge is 2.11. The summed E-state index contributed by atoms with van der Waals surface area (Å²) in [4.78, 5) is 16.8. The first-order chi connectivity index (χ1) is 13.1. The summed E-state index contributed by atoms with van der Waals surface area (Å²) >= 11 is 1.37. The number of carbonyl (C=O) groups excluding carboxylic acids is 1. The number of methoxy groups -OCH3 is 1. The average Bonchev–Trinajstić information content (AvgIpc) is 3.12. The van der Waals surface area contributed by atoms with Crippen LogP contribution in [0.25, 0.3) is 11.3 Å². The van der Waals surface area contributed by atoms with E-state index in [1.54, 1.807) is 13.2 Å². The van der Waals surface area contributed by atoms with Gasteiger partial charge in [0.2, 0.25) is 0 Å². The van der Waals surface area contributed by atoms with Gasteiger partial charge in [0.1, 0.15) is 11.5 Å². The first-order valence-electron chi connectivity index (χ1n) is 8.51. The maximum Gasteiger partial charge on any atom is 0.325 e. The summed E-state index contributed by atoms with van der Waals surface area (Å²) < 4.78 is 10.8. The van der Waals surface area contributed by atoms with Crippen molar-refractivity contribution in [2.24, 2.45) is 0 Å². The van der Waals surface area contributed by atoms with Gasteiger partial charge in [0.15, 0.2) is 5.13 Å². The molecule has 1 aromatic heterocycles. The van der Waals surface area contributed by atoms with Crippen molar-refractivity contribution in [3.05, 3.63) is 53.4 Å². The minimum Gasteiger partial charge on any atom is -0.496 e. The van der Waals surface area contributed by atoms with E-state index >= 15 is 0 Å². The van der Waals surface area contributed by atoms with Crippen molar-refractivity contribution >= 4 is 28.2 Å². The van der Waals surface area contributed by atoms with Gasteiger partial charge in [0.25, 0.3) is 0 Å². The molecule has 2 aromatic carbocycles. The standard InChI is InChI=1S/C20H21N3O3S/c1-4-26-18-8-6-5-7-15(18)21-19(24)23-20-22-16(12-27-20)14-9-10-17(25-3)13(2)11-14/h5-12H,4H2,1-3H3,(H2,21,22,23,24). The van der Waals surface area contributed by atoms with Crippen molar-refractivity contribution in [3.8, 4) is 22.8 Å². The number of benzene rings is 2. The lowest BCUT2D eigenvalue weighted by atomic mass is 10.1. The summed E-state index contributed by atoms with van der Waals surface area (Å²) in [5, 5.41) is 7.98. The zero-order chi connectivity index (χ0) is 19.2. The Morgan fingerprint density at radius 2 is 1.96 bits per heavy atom. The number of nitrogens with zero attached hydrogens (tertiary/aromatic N) is 1. The van der Waals surface area contributed by atoms with Crippen LogP contribution in [0.3, 0.4) is 0 Å². The molecule has 0 aliphatic heterocycles. The number of para-hydroxylation sites is 2. The average molecular weight is 383 g/mol. The van der Waals surface area contributed by atoms with Crippen LogP contribution in [0.2, 0.25) is 0 Å². The summed E-state index contributed by atoms with van der Waals surface area (Å²) in [6.45, 7) is 4.41. The van der Waals surface area contributed by atoms with Crippen LogP contribution in [-0.4, -0.2) is 24.7 Å². The Kier molecular flexibility index (Phi) is 5.93. The van der Waals surface area contributed by atoms with Gasteiger partial charge < -0.3 is 14.8 Å². The van der Waals surface area contributed by atoms with Crippen molar-refractivity contribution in [2.45, 2.75) is 13.8 Å². The molecular formula is C20H21N3O3S. The highest BCUT2D eigenvalue weighted by atomic mass is 32.1. The zero-order valence-corrected chi connectivity index (χ0v) is 16.2. The first kappa shape index (κ1) is 18.7. The highest BCUT2D eigenvalue weighted by molar-refractivity contribution is 7.14. The van der Waals surface area contributed by atoms with E-state index in [1.807, 2.05) is 55.6 Å². The lowest BCUT2D eigenvalue weighted by molar-refractivity contribution is 0.262. The highest BCUT2D eigenvalue weighted by Crippen LogP contribution is 2.29. The number of ether oxygens (including phenoxy) is 2. The molecule has 7 heteroatoms. The Morgan fingerprint density at radius 3 is 2.70 bits per heavy atom. The molecule has 27 heavy (non-hydrogen) atoms. The Labute approximate surface area is 162 Å². The molecule has 0 saturated heterocycles. The fourth-order valence-electron chi connectivity index (χ4n) is 2.60. The van der Waals surface area contributed by atoms with Crippen LogP contribution >= 0.6 is 11.3 Å². The minimum absolute atomic E-state index is 0.367. The molecule has 0 radical (unpaired) electrons. The number of nitrogens with one attached hydrogen (secondary N) is 2. The normalized spacial score (nSPS) is 10.3. The molecule has 140 valence electrons. The summed E-state index contributed by atoms with van der Waals surface area (Å²) in [6.07, 6.45) is 0. The predicted octanol–water partition coefficient (Wildman–Crippen LogP) is 5.17. The molecule has 3 rings (SSSR count). The van der Waals surface area contributed by atoms with Crippen LogP contribution in [0.15, 0.2) is 47.8 Å². The molecule has 1 heterocycles. The lowest BCUT2D eigenvalue weighted by Gasteiger charge is -2.11. The van der Waals surface area contributed by atoms with Gasteiger partial charge in [0, 0.05) is 10.9 Å². The molecule has 0 aliphatic rings. The van der Waals surface area contributed by atoms with Gasteiger partial charge in [-0.2, -0.15) is 0 Å². The number of urea groups is 1. The van der Waals surface area contributed by atoms with E-state index in [1.165, 1.54) is 11.3 Å². The largest absolute Gasteiger partial charge is 0.496 e. The van der Waals surface area contributed by atoms with Gasteiger partial charge in [-0.25, -0.2) is 9.78 Å². The third kappa shape index (κ3) is 4.57. The second kappa shape index (κ2) is 8.55. The van der Waals surface area contributed by atoms with Crippen molar-refractivity contribution in [1.82, 2.24) is 4.98 Å². The summed E-state index contributed by atoms with van der Waals surface area (Å²) in [6, 6.07) is 12.8. The quantitative estimate of drug-likeness (QED) is 0.616. The SMILES string of the molecule is CCOc1ccccc1NC(=O)Nc1nc(-c2ccc(OC)c(C)c2)cs1.